The van der Waals surface area contributed by atoms with Crippen molar-refractivity contribution < 1.29 is 0 Å². The molecule has 2 aromatic carbocycles. The first kappa shape index (κ1) is 15.5. The van der Waals surface area contributed by atoms with Crippen LogP contribution in [-0.2, 0) is 13.0 Å². The highest BCUT2D eigenvalue weighted by atomic mass is 79.9. The van der Waals surface area contributed by atoms with Gasteiger partial charge in [-0.05, 0) is 29.3 Å². The Hall–Kier alpha value is -2.40. The van der Waals surface area contributed by atoms with Gasteiger partial charge in [-0.3, -0.25) is 5.41 Å². The Labute approximate surface area is 143 Å². The summed E-state index contributed by atoms with van der Waals surface area (Å²) in [7, 11) is 0. The number of aromatic nitrogens is 2. The lowest BCUT2D eigenvalue weighted by Crippen LogP contribution is -2.12. The summed E-state index contributed by atoms with van der Waals surface area (Å²) in [6.07, 6.45) is 4.58. The molecule has 3 N–H and O–H groups in total. The van der Waals surface area contributed by atoms with Gasteiger partial charge in [0.25, 0.3) is 0 Å². The van der Waals surface area contributed by atoms with E-state index in [1.54, 1.807) is 0 Å². The Morgan fingerprint density at radius 2 is 1.91 bits per heavy atom. The van der Waals surface area contributed by atoms with Crippen LogP contribution in [0.2, 0.25) is 0 Å². The van der Waals surface area contributed by atoms with E-state index in [1.807, 2.05) is 48.8 Å². The van der Waals surface area contributed by atoms with Crippen LogP contribution in [0, 0.1) is 5.41 Å². The molecule has 0 aliphatic rings. The number of benzene rings is 2. The van der Waals surface area contributed by atoms with Crippen molar-refractivity contribution in [1.82, 2.24) is 9.55 Å². The van der Waals surface area contributed by atoms with E-state index >= 15 is 0 Å². The number of nitrogens with two attached hydrogens (primary N) is 1. The number of amidine groups is 1. The molecule has 4 nitrogen and oxygen atoms in total. The third-order valence-electron chi connectivity index (χ3n) is 3.64. The Kier molecular flexibility index (Phi) is 4.57. The summed E-state index contributed by atoms with van der Waals surface area (Å²) in [5.74, 6) is 1.10. The summed E-state index contributed by atoms with van der Waals surface area (Å²) < 4.78 is 3.20. The van der Waals surface area contributed by atoms with Crippen LogP contribution in [0.25, 0.3) is 0 Å². The zero-order valence-electron chi connectivity index (χ0n) is 12.5. The van der Waals surface area contributed by atoms with Crippen LogP contribution in [-0.4, -0.2) is 15.4 Å². The molecule has 0 amide bonds. The van der Waals surface area contributed by atoms with Gasteiger partial charge in [0.2, 0.25) is 0 Å². The van der Waals surface area contributed by atoms with Crippen LogP contribution >= 0.6 is 15.9 Å². The van der Waals surface area contributed by atoms with Crippen LogP contribution in [0.1, 0.15) is 22.5 Å². The minimum atomic E-state index is 0.0897. The summed E-state index contributed by atoms with van der Waals surface area (Å²) in [6, 6.07) is 16.0. The monoisotopic (exact) mass is 368 g/mol. The summed E-state index contributed by atoms with van der Waals surface area (Å²) in [6.45, 7) is 0.713. The Morgan fingerprint density at radius 3 is 2.70 bits per heavy atom. The van der Waals surface area contributed by atoms with Gasteiger partial charge in [0, 0.05) is 35.4 Å². The molecule has 0 atom stereocenters. The van der Waals surface area contributed by atoms with Gasteiger partial charge in [0.05, 0.1) is 0 Å². The van der Waals surface area contributed by atoms with Gasteiger partial charge >= 0.3 is 0 Å². The lowest BCUT2D eigenvalue weighted by molar-refractivity contribution is 0.740. The molecule has 0 bridgehead atoms. The van der Waals surface area contributed by atoms with Gasteiger partial charge in [0.1, 0.15) is 11.7 Å². The molecule has 0 saturated carbocycles. The average Bonchev–Trinajstić information content (AvgIpc) is 2.94. The van der Waals surface area contributed by atoms with Gasteiger partial charge < -0.3 is 10.3 Å². The number of rotatable bonds is 5. The first-order valence-electron chi connectivity index (χ1n) is 7.29. The van der Waals surface area contributed by atoms with Crippen LogP contribution in [0.4, 0.5) is 0 Å². The molecule has 5 heteroatoms. The minimum Gasteiger partial charge on any atom is -0.384 e. The van der Waals surface area contributed by atoms with Crippen molar-refractivity contribution in [2.24, 2.45) is 5.73 Å². The quantitative estimate of drug-likeness (QED) is 0.533. The molecule has 23 heavy (non-hydrogen) atoms. The van der Waals surface area contributed by atoms with Gasteiger partial charge in [-0.15, -0.1) is 0 Å². The standard InChI is InChI=1S/C18H17BrN4/c19-16-6-2-3-13(10-16)11-17-22-7-8-23(17)12-14-4-1-5-15(9-14)18(20)21/h1-10H,11-12H2,(H3,20,21). The molecule has 0 radical (unpaired) electrons. The van der Waals surface area contributed by atoms with Crippen molar-refractivity contribution in [1.29, 1.82) is 5.41 Å². The zero-order chi connectivity index (χ0) is 16.2. The van der Waals surface area contributed by atoms with Gasteiger partial charge in [-0.25, -0.2) is 4.98 Å². The van der Waals surface area contributed by atoms with E-state index in [0.717, 1.165) is 27.8 Å². The fourth-order valence-electron chi connectivity index (χ4n) is 2.51. The molecule has 0 fully saturated rings. The largest absolute Gasteiger partial charge is 0.384 e. The molecule has 116 valence electrons. The maximum Gasteiger partial charge on any atom is 0.122 e. The first-order valence-corrected chi connectivity index (χ1v) is 8.09. The summed E-state index contributed by atoms with van der Waals surface area (Å²) in [4.78, 5) is 4.48. The predicted octanol–water partition coefficient (Wildman–Crippen LogP) is 3.57. The van der Waals surface area contributed by atoms with Crippen molar-refractivity contribution in [3.63, 3.8) is 0 Å². The number of halogens is 1. The van der Waals surface area contributed by atoms with Gasteiger partial charge in [0.15, 0.2) is 0 Å². The van der Waals surface area contributed by atoms with E-state index in [2.05, 4.69) is 37.6 Å². The molecule has 3 rings (SSSR count). The van der Waals surface area contributed by atoms with E-state index in [1.165, 1.54) is 5.56 Å². The number of nitrogen functional groups attached to an aromatic ring is 1. The molecule has 1 heterocycles. The first-order chi connectivity index (χ1) is 11.1. The van der Waals surface area contributed by atoms with Crippen molar-refractivity contribution in [2.45, 2.75) is 13.0 Å². The molecule has 0 aliphatic heterocycles. The highest BCUT2D eigenvalue weighted by Gasteiger charge is 2.06. The maximum atomic E-state index is 7.55. The number of hydrogen-bond acceptors (Lipinski definition) is 2. The minimum absolute atomic E-state index is 0.0897. The lowest BCUT2D eigenvalue weighted by Gasteiger charge is -2.09. The highest BCUT2D eigenvalue weighted by Crippen LogP contribution is 2.16. The van der Waals surface area contributed by atoms with E-state index in [0.29, 0.717) is 6.54 Å². The molecule has 3 aromatic rings. The number of nitrogens with zero attached hydrogens (tertiary/aromatic N) is 2. The molecular weight excluding hydrogens is 352 g/mol. The second-order valence-corrected chi connectivity index (χ2v) is 6.31. The number of imidazole rings is 1. The second kappa shape index (κ2) is 6.79. The zero-order valence-corrected chi connectivity index (χ0v) is 14.1. The highest BCUT2D eigenvalue weighted by molar-refractivity contribution is 9.10. The lowest BCUT2D eigenvalue weighted by atomic mass is 10.1. The molecule has 0 unspecified atom stereocenters. The maximum absolute atomic E-state index is 7.55. The summed E-state index contributed by atoms with van der Waals surface area (Å²) >= 11 is 3.50. The summed E-state index contributed by atoms with van der Waals surface area (Å²) in [5, 5.41) is 7.55. The van der Waals surface area contributed by atoms with E-state index in [4.69, 9.17) is 11.1 Å². The predicted molar refractivity (Wildman–Crippen MR) is 95.7 cm³/mol. The van der Waals surface area contributed by atoms with Gasteiger partial charge in [-0.2, -0.15) is 0 Å². The van der Waals surface area contributed by atoms with Crippen molar-refractivity contribution in [3.8, 4) is 0 Å². The molecule has 0 aliphatic carbocycles. The Balaban J connectivity index is 1.81. The van der Waals surface area contributed by atoms with E-state index in [-0.39, 0.29) is 5.84 Å². The van der Waals surface area contributed by atoms with Gasteiger partial charge in [-0.1, -0.05) is 46.3 Å². The molecule has 1 aromatic heterocycles. The SMILES string of the molecule is N=C(N)c1cccc(Cn2ccnc2Cc2cccc(Br)c2)c1. The Bertz CT molecular complexity index is 838. The Morgan fingerprint density at radius 1 is 1.13 bits per heavy atom. The average molecular weight is 369 g/mol. The smallest absolute Gasteiger partial charge is 0.122 e. The fourth-order valence-corrected chi connectivity index (χ4v) is 2.96. The summed E-state index contributed by atoms with van der Waals surface area (Å²) in [5.41, 5.74) is 8.62. The van der Waals surface area contributed by atoms with Crippen molar-refractivity contribution in [2.75, 3.05) is 0 Å². The van der Waals surface area contributed by atoms with E-state index < -0.39 is 0 Å². The fraction of sp³-hybridized carbons (Fsp3) is 0.111. The number of nitrogens with one attached hydrogen (secondary N) is 1. The molecular formula is C18H17BrN4. The second-order valence-electron chi connectivity index (χ2n) is 5.39. The number of hydrogen-bond donors (Lipinski definition) is 2. The van der Waals surface area contributed by atoms with Crippen LogP contribution in [0.5, 0.6) is 0 Å². The third kappa shape index (κ3) is 3.87. The van der Waals surface area contributed by atoms with Crippen LogP contribution < -0.4 is 5.73 Å². The van der Waals surface area contributed by atoms with Crippen LogP contribution in [0.3, 0.4) is 0 Å². The molecule has 0 saturated heterocycles. The van der Waals surface area contributed by atoms with Crippen LogP contribution in [0.15, 0.2) is 65.4 Å². The molecule has 0 spiro atoms. The normalized spacial score (nSPS) is 10.7. The topological polar surface area (TPSA) is 67.7 Å². The van der Waals surface area contributed by atoms with Crippen molar-refractivity contribution in [3.05, 3.63) is 87.9 Å². The third-order valence-corrected chi connectivity index (χ3v) is 4.14. The van der Waals surface area contributed by atoms with Crippen molar-refractivity contribution >= 4 is 21.8 Å². The van der Waals surface area contributed by atoms with E-state index in [9.17, 15) is 0 Å².